The Kier molecular flexibility index (Phi) is 9.60. The number of allylic oxidation sites excluding steroid dienone is 1. The van der Waals surface area contributed by atoms with Gasteiger partial charge in [0, 0.05) is 22.0 Å². The van der Waals surface area contributed by atoms with Crippen LogP contribution in [0.15, 0.2) is 76.6 Å². The van der Waals surface area contributed by atoms with Gasteiger partial charge in [-0.1, -0.05) is 70.0 Å². The van der Waals surface area contributed by atoms with Crippen LogP contribution in [0.5, 0.6) is 0 Å². The number of carbonyl (C=O) groups excluding carboxylic acids is 1. The van der Waals surface area contributed by atoms with E-state index in [9.17, 15) is 4.79 Å². The van der Waals surface area contributed by atoms with E-state index in [0.717, 1.165) is 15.6 Å². The first kappa shape index (κ1) is 24.0. The molecule has 0 fully saturated rings. The predicted molar refractivity (Wildman–Crippen MR) is 126 cm³/mol. The van der Waals surface area contributed by atoms with Crippen molar-refractivity contribution in [1.82, 2.24) is 0 Å². The van der Waals surface area contributed by atoms with E-state index in [-0.39, 0.29) is 6.61 Å². The molecule has 0 aliphatic heterocycles. The summed E-state index contributed by atoms with van der Waals surface area (Å²) >= 11 is 3.42. The van der Waals surface area contributed by atoms with Crippen LogP contribution >= 0.6 is 15.9 Å². The van der Waals surface area contributed by atoms with Crippen molar-refractivity contribution < 1.29 is 19.1 Å². The van der Waals surface area contributed by atoms with Crippen LogP contribution in [0.2, 0.25) is 0 Å². The molecule has 2 rings (SSSR count). The van der Waals surface area contributed by atoms with E-state index < -0.39 is 5.97 Å². The lowest BCUT2D eigenvalue weighted by molar-refractivity contribution is -0.133. The molecule has 0 radical (unpaired) electrons. The maximum atomic E-state index is 12.3. The third kappa shape index (κ3) is 7.80. The highest BCUT2D eigenvalue weighted by Crippen LogP contribution is 2.23. The lowest BCUT2D eigenvalue weighted by Crippen LogP contribution is -2.07. The van der Waals surface area contributed by atoms with E-state index in [0.29, 0.717) is 29.0 Å². The number of nitrogens with zero attached hydrogens (tertiary/aromatic N) is 1. The number of hydrogen-bond acceptors (Lipinski definition) is 5. The maximum absolute atomic E-state index is 12.3. The van der Waals surface area contributed by atoms with Gasteiger partial charge >= 0.3 is 5.97 Å². The zero-order valence-electron chi connectivity index (χ0n) is 17.8. The van der Waals surface area contributed by atoms with Crippen molar-refractivity contribution in [2.45, 2.75) is 20.0 Å². The molecule has 0 saturated heterocycles. The zero-order valence-corrected chi connectivity index (χ0v) is 19.4. The summed E-state index contributed by atoms with van der Waals surface area (Å²) in [7, 11) is 2.88. The highest BCUT2D eigenvalue weighted by Gasteiger charge is 2.16. The Labute approximate surface area is 191 Å². The van der Waals surface area contributed by atoms with Crippen LogP contribution in [-0.4, -0.2) is 25.9 Å². The summed E-state index contributed by atoms with van der Waals surface area (Å²) in [5.41, 5.74) is 3.32. The second kappa shape index (κ2) is 12.4. The van der Waals surface area contributed by atoms with Gasteiger partial charge < -0.3 is 14.3 Å². The molecule has 6 heteroatoms. The topological polar surface area (TPSA) is 57.1 Å². The molecule has 0 unspecified atom stereocenters. The molecule has 0 heterocycles. The van der Waals surface area contributed by atoms with Crippen LogP contribution in [0.3, 0.4) is 0 Å². The van der Waals surface area contributed by atoms with E-state index in [1.165, 1.54) is 14.2 Å². The molecule has 0 bridgehead atoms. The number of ether oxygens (including phenoxy) is 2. The second-order valence-electron chi connectivity index (χ2n) is 6.42. The monoisotopic (exact) mass is 481 g/mol. The Morgan fingerprint density at radius 2 is 1.94 bits per heavy atom. The molecule has 2 aromatic rings. The first-order chi connectivity index (χ1) is 14.9. The SMILES string of the molecule is C=C(C/C=C(\C(=O)OC)c1ccccc1CO/N=C(\C)C#Cc1cccc(Br)c1)OC. The fraction of sp³-hybridized carbons (Fsp3) is 0.200. The summed E-state index contributed by atoms with van der Waals surface area (Å²) in [6.07, 6.45) is 2.12. The highest BCUT2D eigenvalue weighted by molar-refractivity contribution is 9.10. The average Bonchev–Trinajstić information content (AvgIpc) is 2.78. The molecule has 160 valence electrons. The molecule has 5 nitrogen and oxygen atoms in total. The van der Waals surface area contributed by atoms with Gasteiger partial charge in [0.1, 0.15) is 12.3 Å². The van der Waals surface area contributed by atoms with Crippen molar-refractivity contribution in [3.63, 3.8) is 0 Å². The quantitative estimate of drug-likeness (QED) is 0.125. The van der Waals surface area contributed by atoms with Crippen molar-refractivity contribution in [1.29, 1.82) is 0 Å². The number of carbonyl (C=O) groups is 1. The summed E-state index contributed by atoms with van der Waals surface area (Å²) in [5.74, 6) is 6.09. The molecule has 2 aromatic carbocycles. The Hall–Kier alpha value is -3.30. The van der Waals surface area contributed by atoms with Gasteiger partial charge in [-0.2, -0.15) is 0 Å². The first-order valence-corrected chi connectivity index (χ1v) is 10.3. The Balaban J connectivity index is 2.16. The third-order valence-corrected chi connectivity index (χ3v) is 4.66. The third-order valence-electron chi connectivity index (χ3n) is 4.17. The summed E-state index contributed by atoms with van der Waals surface area (Å²) in [5, 5.41) is 4.07. The lowest BCUT2D eigenvalue weighted by Gasteiger charge is -2.11. The number of benzene rings is 2. The van der Waals surface area contributed by atoms with Crippen molar-refractivity contribution in [2.24, 2.45) is 5.16 Å². The van der Waals surface area contributed by atoms with Crippen molar-refractivity contribution in [3.8, 4) is 11.8 Å². The molecule has 0 spiro atoms. The van der Waals surface area contributed by atoms with Crippen molar-refractivity contribution in [3.05, 3.63) is 88.1 Å². The Morgan fingerprint density at radius 3 is 2.65 bits per heavy atom. The molecule has 0 aliphatic carbocycles. The van der Waals surface area contributed by atoms with Crippen LogP contribution in [0.25, 0.3) is 5.57 Å². The van der Waals surface area contributed by atoms with Gasteiger partial charge in [-0.05, 0) is 36.6 Å². The summed E-state index contributed by atoms with van der Waals surface area (Å²) in [4.78, 5) is 17.8. The second-order valence-corrected chi connectivity index (χ2v) is 7.34. The number of rotatable bonds is 8. The standard InChI is InChI=1S/C25H24BrNO4/c1-18(12-14-20-8-7-10-22(26)16-20)27-31-17-21-9-5-6-11-23(21)24(25(28)30-4)15-13-19(2)29-3/h5-11,15-16H,2,13,17H2,1,3-4H3/b24-15-,27-18+. The fourth-order valence-electron chi connectivity index (χ4n) is 2.57. The molecule has 0 N–H and O–H groups in total. The van der Waals surface area contributed by atoms with Crippen LogP contribution in [0.4, 0.5) is 0 Å². The lowest BCUT2D eigenvalue weighted by atomic mass is 9.99. The number of oxime groups is 1. The fourth-order valence-corrected chi connectivity index (χ4v) is 2.97. The largest absolute Gasteiger partial charge is 0.501 e. The minimum absolute atomic E-state index is 0.172. The minimum atomic E-state index is -0.448. The zero-order chi connectivity index (χ0) is 22.6. The summed E-state index contributed by atoms with van der Waals surface area (Å²) in [6.45, 7) is 5.73. The predicted octanol–water partition coefficient (Wildman–Crippen LogP) is 5.50. The number of halogens is 1. The summed E-state index contributed by atoms with van der Waals surface area (Å²) < 4.78 is 11.0. The van der Waals surface area contributed by atoms with Gasteiger partial charge in [0.25, 0.3) is 0 Å². The number of methoxy groups -OCH3 is 2. The Bertz CT molecular complexity index is 1060. The van der Waals surface area contributed by atoms with E-state index in [1.54, 1.807) is 13.0 Å². The van der Waals surface area contributed by atoms with Crippen LogP contribution in [0, 0.1) is 11.8 Å². The molecule has 0 atom stereocenters. The smallest absolute Gasteiger partial charge is 0.338 e. The molecule has 0 aromatic heterocycles. The van der Waals surface area contributed by atoms with E-state index in [4.69, 9.17) is 14.3 Å². The number of hydrogen-bond donors (Lipinski definition) is 0. The highest BCUT2D eigenvalue weighted by atomic mass is 79.9. The molecule has 0 amide bonds. The van der Waals surface area contributed by atoms with E-state index in [2.05, 4.69) is 39.5 Å². The van der Waals surface area contributed by atoms with Crippen LogP contribution in [0.1, 0.15) is 30.0 Å². The molecular formula is C25H24BrNO4. The first-order valence-electron chi connectivity index (χ1n) is 9.47. The van der Waals surface area contributed by atoms with Gasteiger partial charge in [-0.3, -0.25) is 0 Å². The normalized spacial score (nSPS) is 11.2. The number of esters is 1. The van der Waals surface area contributed by atoms with Gasteiger partial charge in [0.15, 0.2) is 0 Å². The van der Waals surface area contributed by atoms with E-state index in [1.807, 2.05) is 48.5 Å². The molecule has 0 saturated carbocycles. The van der Waals surface area contributed by atoms with Gasteiger partial charge in [0.2, 0.25) is 0 Å². The molecule has 31 heavy (non-hydrogen) atoms. The average molecular weight is 482 g/mol. The maximum Gasteiger partial charge on any atom is 0.338 e. The van der Waals surface area contributed by atoms with E-state index >= 15 is 0 Å². The van der Waals surface area contributed by atoms with Gasteiger partial charge in [0.05, 0.1) is 25.6 Å². The van der Waals surface area contributed by atoms with Gasteiger partial charge in [-0.25, -0.2) is 4.79 Å². The van der Waals surface area contributed by atoms with Crippen molar-refractivity contribution in [2.75, 3.05) is 14.2 Å². The molecule has 0 aliphatic rings. The van der Waals surface area contributed by atoms with Crippen LogP contribution < -0.4 is 0 Å². The summed E-state index contributed by atoms with van der Waals surface area (Å²) in [6, 6.07) is 15.1. The Morgan fingerprint density at radius 1 is 1.16 bits per heavy atom. The molecular weight excluding hydrogens is 458 g/mol. The van der Waals surface area contributed by atoms with Crippen molar-refractivity contribution >= 4 is 33.2 Å². The minimum Gasteiger partial charge on any atom is -0.501 e. The van der Waals surface area contributed by atoms with Gasteiger partial charge in [-0.15, -0.1) is 0 Å². The van der Waals surface area contributed by atoms with Crippen LogP contribution in [-0.2, 0) is 25.7 Å².